The Kier molecular flexibility index (Phi) is 7.42. The molecule has 4 aromatic rings. The number of thiazole rings is 1. The summed E-state index contributed by atoms with van der Waals surface area (Å²) < 4.78 is 7.41. The smallest absolute Gasteiger partial charge is 0.338 e. The number of aromatic nitrogens is 1. The number of para-hydroxylation sites is 2. The molecule has 0 aliphatic heterocycles. The largest absolute Gasteiger partial charge is 0.452 e. The first kappa shape index (κ1) is 23.0. The summed E-state index contributed by atoms with van der Waals surface area (Å²) in [6, 6.07) is 21.2. The zero-order valence-corrected chi connectivity index (χ0v) is 20.1. The topological polar surface area (TPSA) is 68.3 Å². The van der Waals surface area contributed by atoms with Gasteiger partial charge in [-0.2, -0.15) is 0 Å². The summed E-state index contributed by atoms with van der Waals surface area (Å²) in [5, 5.41) is 2.86. The number of hydrogen-bond acceptors (Lipinski definition) is 6. The predicted octanol–water partition coefficient (Wildman–Crippen LogP) is 6.25. The van der Waals surface area contributed by atoms with Gasteiger partial charge in [0.15, 0.2) is 10.9 Å². The van der Waals surface area contributed by atoms with Crippen molar-refractivity contribution in [3.05, 3.63) is 89.0 Å². The van der Waals surface area contributed by atoms with Gasteiger partial charge in [-0.3, -0.25) is 4.79 Å². The van der Waals surface area contributed by atoms with Gasteiger partial charge in [-0.25, -0.2) is 9.78 Å². The van der Waals surface area contributed by atoms with Crippen molar-refractivity contribution in [2.75, 3.05) is 11.9 Å². The second-order valence-electron chi connectivity index (χ2n) is 7.52. The number of carbonyl (C=O) groups is 2. The highest BCUT2D eigenvalue weighted by atomic mass is 32.2. The van der Waals surface area contributed by atoms with Crippen molar-refractivity contribution in [2.45, 2.75) is 30.4 Å². The number of ether oxygens (including phenoxy) is 1. The van der Waals surface area contributed by atoms with E-state index < -0.39 is 5.97 Å². The molecule has 0 saturated heterocycles. The number of hydrogen-bond donors (Lipinski definition) is 1. The number of nitrogens with zero attached hydrogens (tertiary/aromatic N) is 1. The molecule has 7 heteroatoms. The van der Waals surface area contributed by atoms with E-state index in [-0.39, 0.29) is 12.5 Å². The number of rotatable bonds is 8. The average molecular weight is 477 g/mol. The Balaban J connectivity index is 1.28. The normalized spacial score (nSPS) is 10.8. The lowest BCUT2D eigenvalue weighted by atomic mass is 10.1. The molecule has 0 fully saturated rings. The number of esters is 1. The van der Waals surface area contributed by atoms with E-state index >= 15 is 0 Å². The fourth-order valence-electron chi connectivity index (χ4n) is 3.39. The van der Waals surface area contributed by atoms with Crippen LogP contribution in [0.3, 0.4) is 0 Å². The first-order valence-electron chi connectivity index (χ1n) is 10.7. The van der Waals surface area contributed by atoms with Gasteiger partial charge in [-0.15, -0.1) is 11.3 Å². The summed E-state index contributed by atoms with van der Waals surface area (Å²) in [6.45, 7) is 3.65. The maximum Gasteiger partial charge on any atom is 0.338 e. The van der Waals surface area contributed by atoms with E-state index in [9.17, 15) is 9.59 Å². The van der Waals surface area contributed by atoms with Crippen LogP contribution >= 0.6 is 23.1 Å². The maximum atomic E-state index is 12.4. The number of carbonyl (C=O) groups excluding carboxylic acids is 2. The molecule has 0 bridgehead atoms. The Labute approximate surface area is 201 Å². The molecule has 1 amide bonds. The van der Waals surface area contributed by atoms with Gasteiger partial charge in [-0.05, 0) is 54.3 Å². The van der Waals surface area contributed by atoms with Crippen molar-refractivity contribution in [3.8, 4) is 0 Å². The van der Waals surface area contributed by atoms with Crippen LogP contribution in [-0.2, 0) is 21.7 Å². The van der Waals surface area contributed by atoms with Crippen molar-refractivity contribution in [1.29, 1.82) is 0 Å². The fourth-order valence-corrected chi connectivity index (χ4v) is 5.41. The van der Waals surface area contributed by atoms with Crippen LogP contribution in [-0.4, -0.2) is 23.5 Å². The maximum absolute atomic E-state index is 12.4. The van der Waals surface area contributed by atoms with Crippen LogP contribution in [0.25, 0.3) is 10.2 Å². The van der Waals surface area contributed by atoms with Crippen molar-refractivity contribution in [2.24, 2.45) is 0 Å². The van der Waals surface area contributed by atoms with Gasteiger partial charge in [0.2, 0.25) is 0 Å². The third-order valence-electron chi connectivity index (χ3n) is 5.16. The zero-order chi connectivity index (χ0) is 23.2. The van der Waals surface area contributed by atoms with Crippen molar-refractivity contribution >= 4 is 50.9 Å². The first-order valence-corrected chi connectivity index (χ1v) is 12.5. The van der Waals surface area contributed by atoms with E-state index in [4.69, 9.17) is 4.74 Å². The van der Waals surface area contributed by atoms with Gasteiger partial charge in [0.05, 0.1) is 15.8 Å². The van der Waals surface area contributed by atoms with Crippen LogP contribution in [0, 0.1) is 6.92 Å². The summed E-state index contributed by atoms with van der Waals surface area (Å²) in [5.41, 5.74) is 5.33. The predicted molar refractivity (Wildman–Crippen MR) is 135 cm³/mol. The molecule has 33 heavy (non-hydrogen) atoms. The quantitative estimate of drug-likeness (QED) is 0.240. The van der Waals surface area contributed by atoms with Gasteiger partial charge in [-0.1, -0.05) is 61.2 Å². The van der Waals surface area contributed by atoms with E-state index in [0.29, 0.717) is 5.56 Å². The number of aryl methyl sites for hydroxylation is 2. The monoisotopic (exact) mass is 476 g/mol. The molecule has 0 radical (unpaired) electrons. The Morgan fingerprint density at radius 2 is 1.82 bits per heavy atom. The minimum Gasteiger partial charge on any atom is -0.452 e. The van der Waals surface area contributed by atoms with E-state index in [0.717, 1.165) is 44.4 Å². The SMILES string of the molecule is CCc1cccc(C)c1NC(=O)COC(=O)c1ccc(CSc2nc3ccccc3s2)cc1. The van der Waals surface area contributed by atoms with Crippen LogP contribution in [0.2, 0.25) is 0 Å². The zero-order valence-electron chi connectivity index (χ0n) is 18.5. The summed E-state index contributed by atoms with van der Waals surface area (Å²) >= 11 is 3.35. The number of benzene rings is 3. The van der Waals surface area contributed by atoms with Crippen LogP contribution in [0.5, 0.6) is 0 Å². The standard InChI is InChI=1S/C26H24N2O3S2/c1-3-19-8-6-7-17(2)24(19)28-23(29)15-31-25(30)20-13-11-18(12-14-20)16-32-26-27-21-9-4-5-10-22(21)33-26/h4-14H,3,15-16H2,1-2H3,(H,28,29). The Morgan fingerprint density at radius 1 is 1.03 bits per heavy atom. The van der Waals surface area contributed by atoms with E-state index in [2.05, 4.69) is 16.4 Å². The molecule has 4 rings (SSSR count). The fraction of sp³-hybridized carbons (Fsp3) is 0.192. The number of fused-ring (bicyclic) bond motifs is 1. The highest BCUT2D eigenvalue weighted by Gasteiger charge is 2.13. The Morgan fingerprint density at radius 3 is 2.58 bits per heavy atom. The number of amides is 1. The molecule has 0 aliphatic rings. The molecule has 168 valence electrons. The number of nitrogens with one attached hydrogen (secondary N) is 1. The Hall–Kier alpha value is -3.16. The molecule has 0 aliphatic carbocycles. The minimum absolute atomic E-state index is 0.328. The van der Waals surface area contributed by atoms with Gasteiger partial charge < -0.3 is 10.1 Å². The van der Waals surface area contributed by atoms with Crippen LogP contribution < -0.4 is 5.32 Å². The molecule has 3 aromatic carbocycles. The minimum atomic E-state index is -0.518. The highest BCUT2D eigenvalue weighted by Crippen LogP contribution is 2.31. The Bertz CT molecular complexity index is 1250. The third-order valence-corrected chi connectivity index (χ3v) is 7.42. The summed E-state index contributed by atoms with van der Waals surface area (Å²) in [6.07, 6.45) is 0.806. The molecule has 1 heterocycles. The van der Waals surface area contributed by atoms with Crippen molar-refractivity contribution in [3.63, 3.8) is 0 Å². The first-order chi connectivity index (χ1) is 16.0. The summed E-state index contributed by atoms with van der Waals surface area (Å²) in [5.74, 6) is -0.111. The molecular formula is C26H24N2O3S2. The van der Waals surface area contributed by atoms with Gasteiger partial charge in [0.1, 0.15) is 0 Å². The highest BCUT2D eigenvalue weighted by molar-refractivity contribution is 8.00. The summed E-state index contributed by atoms with van der Waals surface area (Å²) in [7, 11) is 0. The molecule has 0 saturated carbocycles. The molecule has 0 unspecified atom stereocenters. The third kappa shape index (κ3) is 5.80. The number of thioether (sulfide) groups is 1. The summed E-state index contributed by atoms with van der Waals surface area (Å²) in [4.78, 5) is 29.3. The lowest BCUT2D eigenvalue weighted by Gasteiger charge is -2.13. The van der Waals surface area contributed by atoms with Crippen molar-refractivity contribution in [1.82, 2.24) is 4.98 Å². The molecule has 1 aromatic heterocycles. The average Bonchev–Trinajstić information content (AvgIpc) is 3.26. The van der Waals surface area contributed by atoms with E-state index in [1.807, 2.05) is 62.4 Å². The lowest BCUT2D eigenvalue weighted by molar-refractivity contribution is -0.119. The van der Waals surface area contributed by atoms with Gasteiger partial charge in [0, 0.05) is 11.4 Å². The molecular weight excluding hydrogens is 452 g/mol. The molecule has 0 spiro atoms. The molecule has 5 nitrogen and oxygen atoms in total. The van der Waals surface area contributed by atoms with Crippen molar-refractivity contribution < 1.29 is 14.3 Å². The molecule has 0 atom stereocenters. The lowest BCUT2D eigenvalue weighted by Crippen LogP contribution is -2.22. The van der Waals surface area contributed by atoms with E-state index in [1.54, 1.807) is 35.2 Å². The van der Waals surface area contributed by atoms with Gasteiger partial charge in [0.25, 0.3) is 5.91 Å². The van der Waals surface area contributed by atoms with Crippen LogP contribution in [0.1, 0.15) is 34.0 Å². The molecule has 1 N–H and O–H groups in total. The van der Waals surface area contributed by atoms with E-state index in [1.165, 1.54) is 4.70 Å². The number of anilines is 1. The second kappa shape index (κ2) is 10.6. The van der Waals surface area contributed by atoms with Crippen LogP contribution in [0.15, 0.2) is 71.1 Å². The van der Waals surface area contributed by atoms with Crippen LogP contribution in [0.4, 0.5) is 5.69 Å². The second-order valence-corrected chi connectivity index (χ2v) is 9.77. The van der Waals surface area contributed by atoms with Gasteiger partial charge >= 0.3 is 5.97 Å².